The molecule has 0 radical (unpaired) electrons. The standard InChI is InChI=1S/2C22H18Cl2F3N3O4/c2*1-3-33-17(31)10-16-20-28-29-21(22(25,26)27)30(20)14-8-7-11(23)9-13(14)19(34-16)12-5-4-6-15(32-2)18(12)24/h2*4-9,16,19H,3,10H2,1-2H3/t2*16-,19-/m10/s1. The van der Waals surface area contributed by atoms with Gasteiger partial charge in [-0.05, 0) is 62.4 Å². The van der Waals surface area contributed by atoms with Crippen molar-refractivity contribution in [3.63, 3.8) is 0 Å². The minimum absolute atomic E-state index is 0.0898. The van der Waals surface area contributed by atoms with E-state index in [1.54, 1.807) is 50.2 Å². The fourth-order valence-corrected chi connectivity index (χ4v) is 8.57. The first-order valence-electron chi connectivity index (χ1n) is 20.2. The van der Waals surface area contributed by atoms with Crippen molar-refractivity contribution in [1.29, 1.82) is 0 Å². The first-order chi connectivity index (χ1) is 32.3. The van der Waals surface area contributed by atoms with E-state index in [2.05, 4.69) is 20.4 Å². The quantitative estimate of drug-likeness (QED) is 0.0949. The number of alkyl halides is 6. The van der Waals surface area contributed by atoms with Crippen LogP contribution in [0.25, 0.3) is 11.4 Å². The summed E-state index contributed by atoms with van der Waals surface area (Å²) in [7, 11) is 2.87. The fourth-order valence-electron chi connectivity index (χ4n) is 7.61. The number of benzene rings is 4. The zero-order chi connectivity index (χ0) is 49.2. The van der Waals surface area contributed by atoms with Gasteiger partial charge in [-0.1, -0.05) is 70.7 Å². The summed E-state index contributed by atoms with van der Waals surface area (Å²) in [5, 5.41) is 15.1. The van der Waals surface area contributed by atoms with Crippen molar-refractivity contribution in [1.82, 2.24) is 29.5 Å². The molecular weight excluding hydrogens is 996 g/mol. The molecule has 24 heteroatoms. The number of hydrogen-bond donors (Lipinski definition) is 0. The Kier molecular flexibility index (Phi) is 15.2. The lowest BCUT2D eigenvalue weighted by atomic mass is 9.99. The first kappa shape index (κ1) is 50.2. The van der Waals surface area contributed by atoms with Crippen LogP contribution >= 0.6 is 46.4 Å². The highest BCUT2D eigenvalue weighted by Gasteiger charge is 2.45. The largest absolute Gasteiger partial charge is 0.495 e. The molecule has 0 amide bonds. The average Bonchev–Trinajstić information content (AvgIpc) is 3.89. The molecule has 0 aliphatic carbocycles. The number of nitrogens with zero attached hydrogens (tertiary/aromatic N) is 6. The van der Waals surface area contributed by atoms with E-state index >= 15 is 0 Å². The highest BCUT2D eigenvalue weighted by molar-refractivity contribution is 6.33. The maximum atomic E-state index is 13.9. The highest BCUT2D eigenvalue weighted by atomic mass is 35.5. The summed E-state index contributed by atoms with van der Waals surface area (Å²) < 4.78 is 118. The Morgan fingerprint density at radius 2 is 0.971 bits per heavy atom. The monoisotopic (exact) mass is 1030 g/mol. The number of aromatic nitrogens is 6. The summed E-state index contributed by atoms with van der Waals surface area (Å²) in [6, 6.07) is 18.6. The molecule has 14 nitrogen and oxygen atoms in total. The van der Waals surface area contributed by atoms with E-state index in [-0.39, 0.29) is 67.5 Å². The van der Waals surface area contributed by atoms with Gasteiger partial charge in [0, 0.05) is 32.3 Å². The minimum atomic E-state index is -4.83. The number of carbonyl (C=O) groups excluding carboxylic acids is 2. The van der Waals surface area contributed by atoms with Crippen molar-refractivity contribution in [3.05, 3.63) is 138 Å². The third-order valence-electron chi connectivity index (χ3n) is 10.4. The number of ether oxygens (including phenoxy) is 6. The van der Waals surface area contributed by atoms with Gasteiger partial charge in [0.15, 0.2) is 11.6 Å². The van der Waals surface area contributed by atoms with Crippen LogP contribution in [0.5, 0.6) is 11.5 Å². The van der Waals surface area contributed by atoms with E-state index < -0.39 is 73.2 Å². The lowest BCUT2D eigenvalue weighted by Gasteiger charge is -2.24. The number of hydrogen-bond acceptors (Lipinski definition) is 12. The molecule has 6 aromatic rings. The van der Waals surface area contributed by atoms with E-state index in [9.17, 15) is 35.9 Å². The predicted octanol–water partition coefficient (Wildman–Crippen LogP) is 11.4. The van der Waals surface area contributed by atoms with Crippen molar-refractivity contribution in [3.8, 4) is 22.9 Å². The van der Waals surface area contributed by atoms with Gasteiger partial charge >= 0.3 is 24.3 Å². The summed E-state index contributed by atoms with van der Waals surface area (Å²) in [5.41, 5.74) is 1.55. The van der Waals surface area contributed by atoms with Gasteiger partial charge < -0.3 is 28.4 Å². The van der Waals surface area contributed by atoms with Gasteiger partial charge in [-0.25, -0.2) is 0 Å². The molecule has 4 heterocycles. The molecule has 0 N–H and O–H groups in total. The zero-order valence-corrected chi connectivity index (χ0v) is 38.8. The summed E-state index contributed by atoms with van der Waals surface area (Å²) >= 11 is 25.5. The smallest absolute Gasteiger partial charge is 0.452 e. The molecule has 360 valence electrons. The Bertz CT molecular complexity index is 2650. The molecule has 68 heavy (non-hydrogen) atoms. The van der Waals surface area contributed by atoms with Crippen molar-refractivity contribution in [2.45, 2.75) is 63.5 Å². The molecule has 4 atom stereocenters. The van der Waals surface area contributed by atoms with Gasteiger partial charge in [0.25, 0.3) is 0 Å². The maximum absolute atomic E-state index is 13.9. The van der Waals surface area contributed by atoms with Gasteiger partial charge in [-0.2, -0.15) is 26.3 Å². The van der Waals surface area contributed by atoms with Crippen LogP contribution in [-0.2, 0) is 40.9 Å². The molecule has 0 saturated carbocycles. The Labute approximate surface area is 402 Å². The Balaban J connectivity index is 0.000000201. The Morgan fingerprint density at radius 3 is 1.31 bits per heavy atom. The molecule has 0 fully saturated rings. The van der Waals surface area contributed by atoms with Crippen molar-refractivity contribution in [2.24, 2.45) is 0 Å². The van der Waals surface area contributed by atoms with Crippen LogP contribution < -0.4 is 9.47 Å². The molecule has 2 aliphatic heterocycles. The van der Waals surface area contributed by atoms with E-state index in [0.717, 1.165) is 9.13 Å². The van der Waals surface area contributed by atoms with Gasteiger partial charge in [-0.3, -0.25) is 18.7 Å². The maximum Gasteiger partial charge on any atom is 0.452 e. The lowest BCUT2D eigenvalue weighted by molar-refractivity contribution is -0.149. The minimum Gasteiger partial charge on any atom is -0.495 e. The van der Waals surface area contributed by atoms with E-state index in [4.69, 9.17) is 74.8 Å². The number of esters is 2. The van der Waals surface area contributed by atoms with Crippen LogP contribution in [0.3, 0.4) is 0 Å². The first-order valence-corrected chi connectivity index (χ1v) is 21.7. The molecule has 0 unspecified atom stereocenters. The van der Waals surface area contributed by atoms with Crippen molar-refractivity contribution in [2.75, 3.05) is 27.4 Å². The molecule has 0 saturated heterocycles. The third-order valence-corrected chi connectivity index (χ3v) is 11.7. The van der Waals surface area contributed by atoms with Crippen LogP contribution in [0.1, 0.15) is 96.7 Å². The summed E-state index contributed by atoms with van der Waals surface area (Å²) in [6.07, 6.45) is -15.0. The normalized spacial score (nSPS) is 17.5. The fraction of sp³-hybridized carbons (Fsp3) is 0.318. The molecule has 0 spiro atoms. The molecule has 4 aromatic carbocycles. The summed E-state index contributed by atoms with van der Waals surface area (Å²) in [4.78, 5) is 24.7. The highest BCUT2D eigenvalue weighted by Crippen LogP contribution is 2.48. The van der Waals surface area contributed by atoms with Crippen molar-refractivity contribution >= 4 is 58.3 Å². The van der Waals surface area contributed by atoms with Gasteiger partial charge in [0.05, 0.1) is 61.7 Å². The average molecular weight is 1030 g/mol. The summed E-state index contributed by atoms with van der Waals surface area (Å²) in [6.45, 7) is 3.42. The Hall–Kier alpha value is -5.64. The summed E-state index contributed by atoms with van der Waals surface area (Å²) in [5.74, 6) is -3.59. The second-order valence-corrected chi connectivity index (χ2v) is 16.2. The van der Waals surface area contributed by atoms with Gasteiger partial charge in [-0.15, -0.1) is 20.4 Å². The SMILES string of the molecule is CCOC(=O)C[C@@H]1O[C@@H](c2cccc(OC)c2Cl)c2cc(Cl)ccc2-n2c1nnc2C(F)(F)F.CCOC(=O)C[C@H]1O[C@H](c2cccc(OC)c2Cl)c2cc(Cl)ccc2-n2c1nnc2C(F)(F)F. The van der Waals surface area contributed by atoms with E-state index in [1.807, 2.05) is 0 Å². The number of carbonyl (C=O) groups is 2. The number of methoxy groups -OCH3 is 2. The number of halogens is 10. The predicted molar refractivity (Wildman–Crippen MR) is 233 cm³/mol. The van der Waals surface area contributed by atoms with Gasteiger partial charge in [0.1, 0.15) is 35.9 Å². The molecular formula is C44H36Cl4F6N6O8. The van der Waals surface area contributed by atoms with Crippen LogP contribution in [0.2, 0.25) is 20.1 Å². The lowest BCUT2D eigenvalue weighted by Crippen LogP contribution is -2.18. The van der Waals surface area contributed by atoms with Crippen LogP contribution in [0, 0.1) is 0 Å². The van der Waals surface area contributed by atoms with E-state index in [0.29, 0.717) is 22.6 Å². The number of fused-ring (bicyclic) bond motifs is 6. The molecule has 8 rings (SSSR count). The van der Waals surface area contributed by atoms with Crippen LogP contribution in [-0.4, -0.2) is 68.9 Å². The molecule has 0 bridgehead atoms. The second-order valence-electron chi connectivity index (χ2n) is 14.6. The zero-order valence-electron chi connectivity index (χ0n) is 35.8. The topological polar surface area (TPSA) is 151 Å². The van der Waals surface area contributed by atoms with Crippen LogP contribution in [0.4, 0.5) is 26.3 Å². The second kappa shape index (κ2) is 20.5. The molecule has 2 aliphatic rings. The van der Waals surface area contributed by atoms with Crippen molar-refractivity contribution < 1.29 is 64.4 Å². The molecule has 2 aromatic heterocycles. The third kappa shape index (κ3) is 10.2. The number of rotatable bonds is 10. The van der Waals surface area contributed by atoms with Crippen LogP contribution in [0.15, 0.2) is 72.8 Å². The Morgan fingerprint density at radius 1 is 0.588 bits per heavy atom. The van der Waals surface area contributed by atoms with E-state index in [1.165, 1.54) is 50.6 Å². The van der Waals surface area contributed by atoms with Gasteiger partial charge in [0.2, 0.25) is 11.6 Å².